The van der Waals surface area contributed by atoms with Crippen molar-refractivity contribution in [1.29, 1.82) is 0 Å². The normalized spacial score (nSPS) is 10.5. The van der Waals surface area contributed by atoms with E-state index in [2.05, 4.69) is 4.98 Å². The largest absolute Gasteiger partial charge is 0.330 e. The summed E-state index contributed by atoms with van der Waals surface area (Å²) in [5, 5.41) is 13.8. The molecule has 0 saturated carbocycles. The fraction of sp³-hybridized carbons (Fsp3) is 0.250. The van der Waals surface area contributed by atoms with Crippen LogP contribution in [0.3, 0.4) is 0 Å². The zero-order valence-electron chi connectivity index (χ0n) is 9.70. The van der Waals surface area contributed by atoms with Crippen LogP contribution in [0.5, 0.6) is 0 Å². The molecule has 0 radical (unpaired) electrons. The monoisotopic (exact) mass is 263 g/mol. The van der Waals surface area contributed by atoms with Crippen LogP contribution in [-0.2, 0) is 6.42 Å². The Morgan fingerprint density at radius 3 is 2.89 bits per heavy atom. The molecule has 1 aromatic carbocycles. The minimum atomic E-state index is -0.381. The van der Waals surface area contributed by atoms with E-state index in [9.17, 15) is 10.1 Å². The van der Waals surface area contributed by atoms with Crippen LogP contribution in [-0.4, -0.2) is 16.5 Å². The van der Waals surface area contributed by atoms with Crippen molar-refractivity contribution in [3.8, 4) is 11.3 Å². The Labute approximate surface area is 108 Å². The van der Waals surface area contributed by atoms with Gasteiger partial charge in [0.25, 0.3) is 5.69 Å². The summed E-state index contributed by atoms with van der Waals surface area (Å²) in [5.74, 6) is 0. The molecule has 6 heteroatoms. The molecule has 0 fully saturated rings. The summed E-state index contributed by atoms with van der Waals surface area (Å²) < 4.78 is 0. The number of thiazole rings is 1. The molecule has 0 amide bonds. The molecular formula is C12H13N3O2S. The fourth-order valence-electron chi connectivity index (χ4n) is 1.65. The van der Waals surface area contributed by atoms with E-state index in [0.29, 0.717) is 17.8 Å². The number of hydrogen-bond donors (Lipinski definition) is 1. The van der Waals surface area contributed by atoms with Gasteiger partial charge in [-0.1, -0.05) is 12.1 Å². The summed E-state index contributed by atoms with van der Waals surface area (Å²) in [5.41, 5.74) is 6.77. The van der Waals surface area contributed by atoms with E-state index in [-0.39, 0.29) is 10.6 Å². The van der Waals surface area contributed by atoms with E-state index in [1.54, 1.807) is 18.2 Å². The van der Waals surface area contributed by atoms with Gasteiger partial charge >= 0.3 is 0 Å². The first kappa shape index (κ1) is 12.7. The fourth-order valence-corrected chi connectivity index (χ4v) is 2.49. The van der Waals surface area contributed by atoms with Gasteiger partial charge in [0.15, 0.2) is 0 Å². The number of nitro benzene ring substituents is 1. The number of nitrogens with two attached hydrogens (primary N) is 1. The highest BCUT2D eigenvalue weighted by Crippen LogP contribution is 2.30. The third-order valence-electron chi connectivity index (χ3n) is 2.52. The highest BCUT2D eigenvalue weighted by Gasteiger charge is 2.16. The molecule has 0 aliphatic heterocycles. The molecule has 0 spiro atoms. The Morgan fingerprint density at radius 2 is 2.17 bits per heavy atom. The molecule has 0 saturated heterocycles. The zero-order chi connectivity index (χ0) is 13.0. The van der Waals surface area contributed by atoms with Crippen LogP contribution in [0.15, 0.2) is 29.6 Å². The first-order valence-corrected chi connectivity index (χ1v) is 6.48. The van der Waals surface area contributed by atoms with Crippen molar-refractivity contribution in [1.82, 2.24) is 4.98 Å². The number of aromatic nitrogens is 1. The number of nitrogens with zero attached hydrogens (tertiary/aromatic N) is 2. The van der Waals surface area contributed by atoms with Crippen molar-refractivity contribution in [2.24, 2.45) is 5.73 Å². The number of aryl methyl sites for hydroxylation is 1. The van der Waals surface area contributed by atoms with E-state index in [1.807, 2.05) is 5.38 Å². The third-order valence-corrected chi connectivity index (χ3v) is 3.43. The van der Waals surface area contributed by atoms with E-state index in [0.717, 1.165) is 17.8 Å². The van der Waals surface area contributed by atoms with Crippen molar-refractivity contribution < 1.29 is 4.92 Å². The zero-order valence-corrected chi connectivity index (χ0v) is 10.5. The van der Waals surface area contributed by atoms with Gasteiger partial charge in [-0.05, 0) is 19.0 Å². The summed E-state index contributed by atoms with van der Waals surface area (Å²) >= 11 is 1.52. The van der Waals surface area contributed by atoms with Gasteiger partial charge < -0.3 is 5.73 Å². The molecule has 2 N–H and O–H groups in total. The van der Waals surface area contributed by atoms with E-state index in [1.165, 1.54) is 17.4 Å². The second-order valence-electron chi connectivity index (χ2n) is 3.79. The molecule has 0 aliphatic rings. The van der Waals surface area contributed by atoms with Gasteiger partial charge in [0.05, 0.1) is 21.2 Å². The Morgan fingerprint density at radius 1 is 1.39 bits per heavy atom. The third kappa shape index (κ3) is 2.72. The van der Waals surface area contributed by atoms with Crippen LogP contribution in [0.1, 0.15) is 11.4 Å². The summed E-state index contributed by atoms with van der Waals surface area (Å²) in [6.45, 7) is 0.625. The highest BCUT2D eigenvalue weighted by molar-refractivity contribution is 7.09. The van der Waals surface area contributed by atoms with Gasteiger partial charge in [-0.15, -0.1) is 11.3 Å². The van der Waals surface area contributed by atoms with Gasteiger partial charge in [0.2, 0.25) is 0 Å². The maximum Gasteiger partial charge on any atom is 0.278 e. The smallest absolute Gasteiger partial charge is 0.278 e. The lowest BCUT2D eigenvalue weighted by atomic mass is 10.1. The molecule has 2 aromatic rings. The molecule has 1 heterocycles. The second-order valence-corrected chi connectivity index (χ2v) is 4.74. The van der Waals surface area contributed by atoms with Gasteiger partial charge in [-0.3, -0.25) is 10.1 Å². The van der Waals surface area contributed by atoms with Crippen molar-refractivity contribution in [2.75, 3.05) is 6.54 Å². The molecule has 0 atom stereocenters. The first-order chi connectivity index (χ1) is 8.72. The lowest BCUT2D eigenvalue weighted by molar-refractivity contribution is -0.384. The number of para-hydroxylation sites is 1. The Balaban J connectivity index is 2.31. The standard InChI is InChI=1S/C12H13N3O2S/c13-7-3-6-12-14-10(8-18-12)9-4-1-2-5-11(9)15(16)17/h1-2,4-5,8H,3,6-7,13H2. The number of hydrogen-bond acceptors (Lipinski definition) is 5. The Bertz CT molecular complexity index is 554. The first-order valence-electron chi connectivity index (χ1n) is 5.60. The Kier molecular flexibility index (Phi) is 4.01. The molecule has 2 rings (SSSR count). The van der Waals surface area contributed by atoms with E-state index < -0.39 is 0 Å². The van der Waals surface area contributed by atoms with Gasteiger partial charge in [-0.2, -0.15) is 0 Å². The van der Waals surface area contributed by atoms with Crippen LogP contribution in [0.4, 0.5) is 5.69 Å². The van der Waals surface area contributed by atoms with Crippen LogP contribution in [0.2, 0.25) is 0 Å². The number of benzene rings is 1. The van der Waals surface area contributed by atoms with E-state index >= 15 is 0 Å². The average Bonchev–Trinajstić information content (AvgIpc) is 2.85. The van der Waals surface area contributed by atoms with Crippen molar-refractivity contribution >= 4 is 17.0 Å². The minimum absolute atomic E-state index is 0.0909. The molecule has 1 aromatic heterocycles. The number of rotatable bonds is 5. The van der Waals surface area contributed by atoms with Gasteiger partial charge in [0.1, 0.15) is 0 Å². The van der Waals surface area contributed by atoms with Crippen LogP contribution in [0.25, 0.3) is 11.3 Å². The van der Waals surface area contributed by atoms with Crippen LogP contribution < -0.4 is 5.73 Å². The number of nitro groups is 1. The predicted octanol–water partition coefficient (Wildman–Crippen LogP) is 2.61. The summed E-state index contributed by atoms with van der Waals surface area (Å²) in [6, 6.07) is 6.65. The highest BCUT2D eigenvalue weighted by atomic mass is 32.1. The van der Waals surface area contributed by atoms with Crippen LogP contribution >= 0.6 is 11.3 Å². The molecule has 5 nitrogen and oxygen atoms in total. The van der Waals surface area contributed by atoms with Crippen molar-refractivity contribution in [3.63, 3.8) is 0 Å². The molecule has 94 valence electrons. The maximum atomic E-state index is 10.9. The predicted molar refractivity (Wildman–Crippen MR) is 71.6 cm³/mol. The Hall–Kier alpha value is -1.79. The van der Waals surface area contributed by atoms with E-state index in [4.69, 9.17) is 5.73 Å². The maximum absolute atomic E-state index is 10.9. The van der Waals surface area contributed by atoms with Crippen LogP contribution in [0, 0.1) is 10.1 Å². The van der Waals surface area contributed by atoms with Crippen molar-refractivity contribution in [2.45, 2.75) is 12.8 Å². The lowest BCUT2D eigenvalue weighted by Crippen LogP contribution is -2.00. The molecule has 18 heavy (non-hydrogen) atoms. The summed E-state index contributed by atoms with van der Waals surface area (Å²) in [6.07, 6.45) is 1.70. The topological polar surface area (TPSA) is 82.0 Å². The van der Waals surface area contributed by atoms with Gasteiger partial charge in [-0.25, -0.2) is 4.98 Å². The second kappa shape index (κ2) is 5.70. The molecule has 0 unspecified atom stereocenters. The molecular weight excluding hydrogens is 250 g/mol. The molecule has 0 aliphatic carbocycles. The quantitative estimate of drug-likeness (QED) is 0.664. The summed E-state index contributed by atoms with van der Waals surface area (Å²) in [7, 11) is 0. The average molecular weight is 263 g/mol. The van der Waals surface area contributed by atoms with Gasteiger partial charge in [0, 0.05) is 17.9 Å². The SMILES string of the molecule is NCCCc1nc(-c2ccccc2[N+](=O)[O-])cs1. The minimum Gasteiger partial charge on any atom is -0.330 e. The van der Waals surface area contributed by atoms with Crippen molar-refractivity contribution in [3.05, 3.63) is 44.8 Å². The lowest BCUT2D eigenvalue weighted by Gasteiger charge is -1.98. The summed E-state index contributed by atoms with van der Waals surface area (Å²) in [4.78, 5) is 15.0. The molecule has 0 bridgehead atoms.